The van der Waals surface area contributed by atoms with Crippen LogP contribution in [0.25, 0.3) is 0 Å². The van der Waals surface area contributed by atoms with Crippen LogP contribution in [0.15, 0.2) is 0 Å². The van der Waals surface area contributed by atoms with Crippen molar-refractivity contribution in [3.8, 4) is 0 Å². The molecule has 1 unspecified atom stereocenters. The molecule has 0 saturated carbocycles. The van der Waals surface area contributed by atoms with Gasteiger partial charge in [0, 0.05) is 11.8 Å². The highest BCUT2D eigenvalue weighted by atomic mass is 32.2. The molecule has 0 spiro atoms. The monoisotopic (exact) mass is 244 g/mol. The lowest BCUT2D eigenvalue weighted by Crippen LogP contribution is -2.62. The maximum Gasteiger partial charge on any atom is 0.330 e. The van der Waals surface area contributed by atoms with Crippen molar-refractivity contribution in [2.24, 2.45) is 5.41 Å². The van der Waals surface area contributed by atoms with Crippen LogP contribution < -0.4 is 5.32 Å². The van der Waals surface area contributed by atoms with Crippen LogP contribution in [-0.4, -0.2) is 40.8 Å². The van der Waals surface area contributed by atoms with Gasteiger partial charge in [-0.25, -0.2) is 4.79 Å². The van der Waals surface area contributed by atoms with Crippen LogP contribution >= 0.6 is 11.8 Å². The Morgan fingerprint density at radius 3 is 2.44 bits per heavy atom. The normalized spacial score (nSPS) is 22.0. The zero-order valence-electron chi connectivity index (χ0n) is 9.86. The van der Waals surface area contributed by atoms with E-state index in [0.717, 1.165) is 4.90 Å². The summed E-state index contributed by atoms with van der Waals surface area (Å²) < 4.78 is 0. The first-order valence-electron chi connectivity index (χ1n) is 5.01. The van der Waals surface area contributed by atoms with Crippen LogP contribution in [-0.2, 0) is 9.59 Å². The van der Waals surface area contributed by atoms with Crippen molar-refractivity contribution in [3.63, 3.8) is 0 Å². The van der Waals surface area contributed by atoms with Gasteiger partial charge in [0.15, 0.2) is 0 Å². The molecule has 0 aromatic rings. The van der Waals surface area contributed by atoms with Crippen LogP contribution in [0.2, 0.25) is 0 Å². The minimum atomic E-state index is -1.16. The van der Waals surface area contributed by atoms with Crippen LogP contribution in [0.5, 0.6) is 0 Å². The van der Waals surface area contributed by atoms with Gasteiger partial charge in [-0.2, -0.15) is 11.8 Å². The molecular formula is C10H16N2O3S. The second kappa shape index (κ2) is 4.45. The van der Waals surface area contributed by atoms with Crippen LogP contribution in [0, 0.1) is 5.41 Å². The number of hydrogen-bond acceptors (Lipinski definition) is 4. The molecule has 1 aliphatic rings. The summed E-state index contributed by atoms with van der Waals surface area (Å²) in [5.41, 5.74) is -1.16. The summed E-state index contributed by atoms with van der Waals surface area (Å²) >= 11 is 1.56. The molecule has 0 aliphatic carbocycles. The highest BCUT2D eigenvalue weighted by Gasteiger charge is 2.47. The Kier molecular flexibility index (Phi) is 3.62. The summed E-state index contributed by atoms with van der Waals surface area (Å²) in [6.45, 7) is 5.29. The van der Waals surface area contributed by atoms with E-state index in [-0.39, 0.29) is 5.25 Å². The van der Waals surface area contributed by atoms with Gasteiger partial charge < -0.3 is 0 Å². The molecule has 1 saturated heterocycles. The topological polar surface area (TPSA) is 66.5 Å². The van der Waals surface area contributed by atoms with Crippen molar-refractivity contribution in [2.45, 2.75) is 26.0 Å². The molecule has 5 nitrogen and oxygen atoms in total. The average molecular weight is 244 g/mol. The summed E-state index contributed by atoms with van der Waals surface area (Å²) in [7, 11) is 0. The van der Waals surface area contributed by atoms with Gasteiger partial charge in [0.05, 0.1) is 0 Å². The van der Waals surface area contributed by atoms with Gasteiger partial charge in [-0.1, -0.05) is 6.92 Å². The minimum Gasteiger partial charge on any atom is -0.277 e. The fourth-order valence-electron chi connectivity index (χ4n) is 1.35. The van der Waals surface area contributed by atoms with Gasteiger partial charge >= 0.3 is 6.03 Å². The number of nitrogens with one attached hydrogen (secondary N) is 1. The number of nitrogens with zero attached hydrogens (tertiary/aromatic N) is 1. The van der Waals surface area contributed by atoms with Gasteiger partial charge in [0.1, 0.15) is 5.41 Å². The van der Waals surface area contributed by atoms with E-state index in [1.54, 1.807) is 11.8 Å². The highest BCUT2D eigenvalue weighted by molar-refractivity contribution is 7.99. The predicted molar refractivity (Wildman–Crippen MR) is 62.0 cm³/mol. The van der Waals surface area contributed by atoms with E-state index in [0.29, 0.717) is 6.54 Å². The molecule has 1 N–H and O–H groups in total. The number of urea groups is 1. The summed E-state index contributed by atoms with van der Waals surface area (Å²) in [6.07, 6.45) is 1.91. The number of carbonyl (C=O) groups excluding carboxylic acids is 3. The van der Waals surface area contributed by atoms with Crippen LogP contribution in [0.3, 0.4) is 0 Å². The average Bonchev–Trinajstić information content (AvgIpc) is 2.22. The lowest BCUT2D eigenvalue weighted by atomic mass is 9.89. The molecule has 0 aromatic carbocycles. The first-order valence-corrected chi connectivity index (χ1v) is 6.29. The number of barbiturate groups is 1. The maximum atomic E-state index is 12.0. The Morgan fingerprint density at radius 2 is 1.94 bits per heavy atom. The molecule has 0 radical (unpaired) electrons. The third-order valence-electron chi connectivity index (χ3n) is 2.66. The first kappa shape index (κ1) is 13.0. The van der Waals surface area contributed by atoms with Crippen molar-refractivity contribution in [1.82, 2.24) is 10.2 Å². The number of rotatable bonds is 3. The van der Waals surface area contributed by atoms with Crippen LogP contribution in [0.1, 0.15) is 20.8 Å². The largest absolute Gasteiger partial charge is 0.330 e. The minimum absolute atomic E-state index is 0.152. The fourth-order valence-corrected chi connectivity index (χ4v) is 1.64. The summed E-state index contributed by atoms with van der Waals surface area (Å²) in [5, 5.41) is 2.35. The quantitative estimate of drug-likeness (QED) is 0.747. The Hall–Kier alpha value is -1.04. The number of hydrogen-bond donors (Lipinski definition) is 1. The Bertz CT molecular complexity index is 341. The van der Waals surface area contributed by atoms with Crippen molar-refractivity contribution >= 4 is 29.6 Å². The van der Waals surface area contributed by atoms with Crippen LogP contribution in [0.4, 0.5) is 4.79 Å². The molecule has 0 aromatic heterocycles. The molecule has 1 heterocycles. The molecule has 1 aliphatic heterocycles. The molecule has 90 valence electrons. The lowest BCUT2D eigenvalue weighted by Gasteiger charge is -2.35. The zero-order chi connectivity index (χ0) is 12.5. The standard InChI is InChI=1S/C10H16N2O3S/c1-6(16-4)5-12-8(14)10(2,3)7(13)11-9(12)15/h6H,5H2,1-4H3,(H,11,13,15). The molecule has 0 bridgehead atoms. The summed E-state index contributed by atoms with van der Waals surface area (Å²) in [4.78, 5) is 36.0. The van der Waals surface area contributed by atoms with E-state index < -0.39 is 23.3 Å². The number of imide groups is 2. The van der Waals surface area contributed by atoms with E-state index in [9.17, 15) is 14.4 Å². The number of carbonyl (C=O) groups is 3. The van der Waals surface area contributed by atoms with E-state index in [2.05, 4.69) is 5.32 Å². The molecule has 1 atom stereocenters. The zero-order valence-corrected chi connectivity index (χ0v) is 10.7. The fraction of sp³-hybridized carbons (Fsp3) is 0.700. The first-order chi connectivity index (χ1) is 7.30. The Morgan fingerprint density at radius 1 is 1.38 bits per heavy atom. The van der Waals surface area contributed by atoms with Gasteiger partial charge in [0.2, 0.25) is 11.8 Å². The number of thioether (sulfide) groups is 1. The molecule has 1 fully saturated rings. The summed E-state index contributed by atoms with van der Waals surface area (Å²) in [5.74, 6) is -0.960. The molecule has 1 rings (SSSR count). The third kappa shape index (κ3) is 2.21. The van der Waals surface area contributed by atoms with Gasteiger partial charge in [-0.15, -0.1) is 0 Å². The Balaban J connectivity index is 2.89. The molecular weight excluding hydrogens is 228 g/mol. The van der Waals surface area contributed by atoms with Crippen molar-refractivity contribution in [2.75, 3.05) is 12.8 Å². The van der Waals surface area contributed by atoms with E-state index in [4.69, 9.17) is 0 Å². The highest BCUT2D eigenvalue weighted by Crippen LogP contribution is 2.24. The second-order valence-corrected chi connectivity index (χ2v) is 5.62. The van der Waals surface area contributed by atoms with E-state index in [1.165, 1.54) is 13.8 Å². The maximum absolute atomic E-state index is 12.0. The van der Waals surface area contributed by atoms with Crippen molar-refractivity contribution < 1.29 is 14.4 Å². The van der Waals surface area contributed by atoms with Gasteiger partial charge in [-0.3, -0.25) is 19.8 Å². The predicted octanol–water partition coefficient (Wildman–Crippen LogP) is 0.842. The lowest BCUT2D eigenvalue weighted by molar-refractivity contribution is -0.148. The molecule has 6 heteroatoms. The second-order valence-electron chi connectivity index (χ2n) is 4.35. The SMILES string of the molecule is CSC(C)CN1C(=O)NC(=O)C(C)(C)C1=O. The smallest absolute Gasteiger partial charge is 0.277 e. The third-order valence-corrected chi connectivity index (χ3v) is 3.61. The van der Waals surface area contributed by atoms with Gasteiger partial charge in [0.25, 0.3) is 0 Å². The van der Waals surface area contributed by atoms with Gasteiger partial charge in [-0.05, 0) is 20.1 Å². The van der Waals surface area contributed by atoms with Crippen molar-refractivity contribution in [1.29, 1.82) is 0 Å². The van der Waals surface area contributed by atoms with Crippen molar-refractivity contribution in [3.05, 3.63) is 0 Å². The number of amides is 4. The van der Waals surface area contributed by atoms with E-state index >= 15 is 0 Å². The molecule has 4 amide bonds. The molecule has 16 heavy (non-hydrogen) atoms. The summed E-state index contributed by atoms with van der Waals surface area (Å²) in [6, 6.07) is -0.616. The van der Waals surface area contributed by atoms with E-state index in [1.807, 2.05) is 13.2 Å². The Labute approximate surface area is 98.9 Å².